The first-order valence-electron chi connectivity index (χ1n) is 7.90. The van der Waals surface area contributed by atoms with Crippen molar-refractivity contribution < 1.29 is 14.4 Å². The predicted octanol–water partition coefficient (Wildman–Crippen LogP) is 2.69. The molecule has 1 aromatic carbocycles. The molecule has 0 saturated carbocycles. The molecule has 6 nitrogen and oxygen atoms in total. The van der Waals surface area contributed by atoms with Crippen LogP contribution in [-0.4, -0.2) is 27.8 Å². The monoisotopic (exact) mass is 317 g/mol. The first kappa shape index (κ1) is 17.1. The standard InChI is InChI=1S/C17H23N3O3/c1-12(2)17-19-16(23-20-17)5-3-4-15(22)18-14-8-6-13(7-9-14)10-11-21/h6-9,12,21H,3-5,10-11H2,1-2H3,(H,18,22). The molecule has 0 aliphatic rings. The summed E-state index contributed by atoms with van der Waals surface area (Å²) in [5.41, 5.74) is 1.81. The van der Waals surface area contributed by atoms with E-state index in [0.717, 1.165) is 11.3 Å². The third-order valence-electron chi connectivity index (χ3n) is 3.43. The fourth-order valence-electron chi connectivity index (χ4n) is 2.11. The summed E-state index contributed by atoms with van der Waals surface area (Å²) < 4.78 is 5.15. The number of aliphatic hydroxyl groups is 1. The summed E-state index contributed by atoms with van der Waals surface area (Å²) in [7, 11) is 0. The highest BCUT2D eigenvalue weighted by molar-refractivity contribution is 5.90. The summed E-state index contributed by atoms with van der Waals surface area (Å²) in [6.45, 7) is 4.14. The van der Waals surface area contributed by atoms with Crippen LogP contribution >= 0.6 is 0 Å². The molecule has 2 N–H and O–H groups in total. The quantitative estimate of drug-likeness (QED) is 0.781. The molecule has 0 unspecified atom stereocenters. The Morgan fingerprint density at radius 3 is 2.61 bits per heavy atom. The zero-order chi connectivity index (χ0) is 16.7. The first-order chi connectivity index (χ1) is 11.1. The Hall–Kier alpha value is -2.21. The third kappa shape index (κ3) is 5.49. The van der Waals surface area contributed by atoms with Crippen molar-refractivity contribution in [3.63, 3.8) is 0 Å². The maximum absolute atomic E-state index is 11.9. The lowest BCUT2D eigenvalue weighted by Crippen LogP contribution is -2.11. The molecule has 2 rings (SSSR count). The average molecular weight is 317 g/mol. The summed E-state index contributed by atoms with van der Waals surface area (Å²) in [6.07, 6.45) is 2.28. The van der Waals surface area contributed by atoms with Gasteiger partial charge in [0.15, 0.2) is 5.82 Å². The summed E-state index contributed by atoms with van der Waals surface area (Å²) >= 11 is 0. The summed E-state index contributed by atoms with van der Waals surface area (Å²) in [5, 5.41) is 15.6. The number of nitrogens with one attached hydrogen (secondary N) is 1. The van der Waals surface area contributed by atoms with Crippen molar-refractivity contribution in [2.75, 3.05) is 11.9 Å². The number of benzene rings is 1. The Labute approximate surface area is 135 Å². The van der Waals surface area contributed by atoms with Crippen LogP contribution in [0.1, 0.15) is 49.9 Å². The van der Waals surface area contributed by atoms with Crippen molar-refractivity contribution >= 4 is 11.6 Å². The summed E-state index contributed by atoms with van der Waals surface area (Å²) in [6, 6.07) is 7.49. The van der Waals surface area contributed by atoms with Gasteiger partial charge in [0.05, 0.1) is 0 Å². The molecule has 0 radical (unpaired) electrons. The van der Waals surface area contributed by atoms with E-state index < -0.39 is 0 Å². The van der Waals surface area contributed by atoms with Crippen LogP contribution in [0.2, 0.25) is 0 Å². The van der Waals surface area contributed by atoms with Gasteiger partial charge in [-0.25, -0.2) is 0 Å². The van der Waals surface area contributed by atoms with Crippen LogP contribution in [0.5, 0.6) is 0 Å². The maximum atomic E-state index is 11.9. The highest BCUT2D eigenvalue weighted by Gasteiger charge is 2.10. The largest absolute Gasteiger partial charge is 0.396 e. The number of carbonyl (C=O) groups excluding carboxylic acids is 1. The lowest BCUT2D eigenvalue weighted by atomic mass is 10.1. The number of aryl methyl sites for hydroxylation is 1. The highest BCUT2D eigenvalue weighted by Crippen LogP contribution is 2.13. The molecule has 124 valence electrons. The Morgan fingerprint density at radius 2 is 2.00 bits per heavy atom. The lowest BCUT2D eigenvalue weighted by Gasteiger charge is -2.05. The van der Waals surface area contributed by atoms with Crippen LogP contribution in [-0.2, 0) is 17.6 Å². The van der Waals surface area contributed by atoms with E-state index in [4.69, 9.17) is 9.63 Å². The number of hydrogen-bond donors (Lipinski definition) is 2. The molecule has 0 atom stereocenters. The van der Waals surface area contributed by atoms with E-state index in [1.807, 2.05) is 38.1 Å². The predicted molar refractivity (Wildman–Crippen MR) is 87.2 cm³/mol. The Balaban J connectivity index is 1.74. The molecule has 6 heteroatoms. The van der Waals surface area contributed by atoms with Crippen LogP contribution in [0.4, 0.5) is 5.69 Å². The first-order valence-corrected chi connectivity index (χ1v) is 7.90. The molecule has 0 aliphatic carbocycles. The molecule has 0 spiro atoms. The van der Waals surface area contributed by atoms with Crippen molar-refractivity contribution in [2.45, 2.75) is 45.4 Å². The van der Waals surface area contributed by atoms with Gasteiger partial charge < -0.3 is 14.9 Å². The molecule has 2 aromatic rings. The SMILES string of the molecule is CC(C)c1noc(CCCC(=O)Nc2ccc(CCO)cc2)n1. The second kappa shape index (κ2) is 8.43. The zero-order valence-electron chi connectivity index (χ0n) is 13.6. The van der Waals surface area contributed by atoms with Crippen LogP contribution < -0.4 is 5.32 Å². The number of nitrogens with zero attached hydrogens (tertiary/aromatic N) is 2. The fraction of sp³-hybridized carbons (Fsp3) is 0.471. The zero-order valence-corrected chi connectivity index (χ0v) is 13.6. The van der Waals surface area contributed by atoms with Crippen molar-refractivity contribution in [1.29, 1.82) is 0 Å². The van der Waals surface area contributed by atoms with Crippen molar-refractivity contribution in [3.8, 4) is 0 Å². The lowest BCUT2D eigenvalue weighted by molar-refractivity contribution is -0.116. The molecule has 1 heterocycles. The van der Waals surface area contributed by atoms with E-state index in [1.54, 1.807) is 0 Å². The highest BCUT2D eigenvalue weighted by atomic mass is 16.5. The van der Waals surface area contributed by atoms with Crippen molar-refractivity contribution in [1.82, 2.24) is 10.1 Å². The van der Waals surface area contributed by atoms with Gasteiger partial charge in [0.1, 0.15) is 0 Å². The number of rotatable bonds is 8. The van der Waals surface area contributed by atoms with Crippen LogP contribution in [0.3, 0.4) is 0 Å². The average Bonchev–Trinajstić information content (AvgIpc) is 2.99. The van der Waals surface area contributed by atoms with Gasteiger partial charge in [-0.15, -0.1) is 0 Å². The van der Waals surface area contributed by atoms with Gasteiger partial charge in [0, 0.05) is 31.1 Å². The van der Waals surface area contributed by atoms with Gasteiger partial charge >= 0.3 is 0 Å². The van der Waals surface area contributed by atoms with Crippen LogP contribution in [0.15, 0.2) is 28.8 Å². The number of aliphatic hydroxyl groups excluding tert-OH is 1. The molecule has 1 aromatic heterocycles. The van der Waals surface area contributed by atoms with Crippen LogP contribution in [0.25, 0.3) is 0 Å². The van der Waals surface area contributed by atoms with Crippen LogP contribution in [0, 0.1) is 0 Å². The smallest absolute Gasteiger partial charge is 0.226 e. The molecule has 1 amide bonds. The minimum atomic E-state index is -0.0384. The second-order valence-corrected chi connectivity index (χ2v) is 5.77. The minimum absolute atomic E-state index is 0.0384. The van der Waals surface area contributed by atoms with Gasteiger partial charge in [-0.2, -0.15) is 4.98 Å². The Morgan fingerprint density at radius 1 is 1.26 bits per heavy atom. The number of anilines is 1. The molecule has 0 aliphatic heterocycles. The number of aromatic nitrogens is 2. The Bertz CT molecular complexity index is 620. The van der Waals surface area contributed by atoms with Crippen molar-refractivity contribution in [3.05, 3.63) is 41.5 Å². The second-order valence-electron chi connectivity index (χ2n) is 5.77. The number of carbonyl (C=O) groups is 1. The van der Waals surface area contributed by atoms with E-state index in [0.29, 0.717) is 37.4 Å². The summed E-state index contributed by atoms with van der Waals surface area (Å²) in [5.74, 6) is 1.48. The third-order valence-corrected chi connectivity index (χ3v) is 3.43. The minimum Gasteiger partial charge on any atom is -0.396 e. The maximum Gasteiger partial charge on any atom is 0.226 e. The van der Waals surface area contributed by atoms with Gasteiger partial charge in [-0.05, 0) is 30.5 Å². The fourth-order valence-corrected chi connectivity index (χ4v) is 2.11. The van der Waals surface area contributed by atoms with E-state index in [2.05, 4.69) is 15.5 Å². The number of amides is 1. The molecule has 0 bridgehead atoms. The van der Waals surface area contributed by atoms with E-state index in [9.17, 15) is 4.79 Å². The van der Waals surface area contributed by atoms with E-state index in [1.165, 1.54) is 0 Å². The van der Waals surface area contributed by atoms with E-state index in [-0.39, 0.29) is 18.4 Å². The van der Waals surface area contributed by atoms with Crippen molar-refractivity contribution in [2.24, 2.45) is 0 Å². The molecular formula is C17H23N3O3. The number of hydrogen-bond acceptors (Lipinski definition) is 5. The molecule has 23 heavy (non-hydrogen) atoms. The Kier molecular flexibility index (Phi) is 6.29. The molecule has 0 saturated heterocycles. The van der Waals surface area contributed by atoms with Gasteiger partial charge in [0.2, 0.25) is 11.8 Å². The van der Waals surface area contributed by atoms with E-state index >= 15 is 0 Å². The molecular weight excluding hydrogens is 294 g/mol. The van der Waals surface area contributed by atoms with Gasteiger partial charge in [-0.3, -0.25) is 4.79 Å². The summed E-state index contributed by atoms with van der Waals surface area (Å²) in [4.78, 5) is 16.2. The van der Waals surface area contributed by atoms with Gasteiger partial charge in [0.25, 0.3) is 0 Å². The molecule has 0 fully saturated rings. The topological polar surface area (TPSA) is 88.2 Å². The normalized spacial score (nSPS) is 11.0. The van der Waals surface area contributed by atoms with Gasteiger partial charge in [-0.1, -0.05) is 31.1 Å².